The van der Waals surface area contributed by atoms with Crippen LogP contribution in [0, 0.1) is 0 Å². The number of nitrogens with zero attached hydrogens (tertiary/aromatic N) is 4. The van der Waals surface area contributed by atoms with Crippen molar-refractivity contribution in [3.05, 3.63) is 47.6 Å². The summed E-state index contributed by atoms with van der Waals surface area (Å²) in [6, 6.07) is 11.5. The number of rotatable bonds is 5. The Balaban J connectivity index is 0.00000160. The molecule has 0 aliphatic carbocycles. The number of halogens is 3. The molecule has 0 bridgehead atoms. The highest BCUT2D eigenvalue weighted by molar-refractivity contribution is 6.30. The minimum Gasteiger partial charge on any atom is -0.412 e. The summed E-state index contributed by atoms with van der Waals surface area (Å²) in [6.45, 7) is 5.39. The van der Waals surface area contributed by atoms with E-state index >= 15 is 0 Å². The quantitative estimate of drug-likeness (QED) is 0.596. The third-order valence-corrected chi connectivity index (χ3v) is 5.48. The van der Waals surface area contributed by atoms with Crippen LogP contribution in [0.2, 0.25) is 5.02 Å². The number of nitrogens with one attached hydrogen (secondary N) is 1. The van der Waals surface area contributed by atoms with E-state index in [0.29, 0.717) is 10.7 Å². The summed E-state index contributed by atoms with van der Waals surface area (Å²) in [5.41, 5.74) is 2.39. The molecule has 2 aromatic heterocycles. The molecule has 3 N–H and O–H groups in total. The zero-order valence-electron chi connectivity index (χ0n) is 17.3. The number of fused-ring (bicyclic) bond motifs is 1. The van der Waals surface area contributed by atoms with Gasteiger partial charge in [0.15, 0.2) is 5.65 Å². The van der Waals surface area contributed by atoms with Crippen LogP contribution in [0.25, 0.3) is 22.6 Å². The van der Waals surface area contributed by atoms with Crippen LogP contribution in [0.5, 0.6) is 0 Å². The van der Waals surface area contributed by atoms with E-state index in [4.69, 9.17) is 16.6 Å². The summed E-state index contributed by atoms with van der Waals surface area (Å²) in [5.74, 6) is 0.711. The lowest BCUT2D eigenvalue weighted by Gasteiger charge is -2.32. The number of aromatic nitrogens is 3. The van der Waals surface area contributed by atoms with Gasteiger partial charge in [-0.15, -0.1) is 24.8 Å². The predicted octanol–water partition coefficient (Wildman–Crippen LogP) is 3.37. The van der Waals surface area contributed by atoms with E-state index in [2.05, 4.69) is 22.1 Å². The van der Waals surface area contributed by atoms with E-state index in [1.165, 1.54) is 0 Å². The molecule has 1 unspecified atom stereocenters. The standard InChI is InChI=1S/C21H24ClN5O.2ClH.H2O/c1-2-26-12-4-5-17(13-26)24-19(28)14-27-20(15-7-9-16(22)10-8-15)25-18-6-3-11-23-21(18)27;;;/h3,6-11,17H,2,4-5,12-14H2,1H3,(H,24,28);2*1H;1H2. The molecular formula is C21H28Cl3N5O2. The van der Waals surface area contributed by atoms with Gasteiger partial charge in [0.25, 0.3) is 0 Å². The topological polar surface area (TPSA) is 94.6 Å². The van der Waals surface area contributed by atoms with Crippen molar-refractivity contribution in [2.75, 3.05) is 19.6 Å². The second-order valence-electron chi connectivity index (χ2n) is 7.17. The summed E-state index contributed by atoms with van der Waals surface area (Å²) < 4.78 is 1.88. The first-order chi connectivity index (χ1) is 13.6. The zero-order chi connectivity index (χ0) is 19.5. The van der Waals surface area contributed by atoms with Crippen LogP contribution in [0.15, 0.2) is 42.6 Å². The van der Waals surface area contributed by atoms with E-state index in [-0.39, 0.29) is 48.8 Å². The van der Waals surface area contributed by atoms with Crippen LogP contribution in [-0.4, -0.2) is 56.5 Å². The van der Waals surface area contributed by atoms with Gasteiger partial charge in [0.2, 0.25) is 5.91 Å². The van der Waals surface area contributed by atoms with Gasteiger partial charge >= 0.3 is 0 Å². The molecule has 1 aromatic carbocycles. The second-order valence-corrected chi connectivity index (χ2v) is 7.61. The van der Waals surface area contributed by atoms with Crippen LogP contribution in [0.3, 0.4) is 0 Å². The Kier molecular flexibility index (Phi) is 10.7. The number of likely N-dealkylation sites (N-methyl/N-ethyl adjacent to an activating group) is 1. The van der Waals surface area contributed by atoms with E-state index in [9.17, 15) is 4.79 Å². The number of benzene rings is 1. The molecule has 1 atom stereocenters. The number of hydrogen-bond acceptors (Lipinski definition) is 4. The minimum absolute atomic E-state index is 0. The molecule has 1 saturated heterocycles. The average molecular weight is 489 g/mol. The minimum atomic E-state index is -0.0110. The maximum Gasteiger partial charge on any atom is 0.240 e. The van der Waals surface area contributed by atoms with Crippen molar-refractivity contribution in [2.45, 2.75) is 32.4 Å². The van der Waals surface area contributed by atoms with Crippen molar-refractivity contribution in [2.24, 2.45) is 0 Å². The summed E-state index contributed by atoms with van der Waals surface area (Å²) in [5, 5.41) is 3.86. The Morgan fingerprint density at radius 3 is 2.68 bits per heavy atom. The first kappa shape index (κ1) is 27.1. The number of amides is 1. The number of pyridine rings is 1. The Bertz CT molecular complexity index is 981. The predicted molar refractivity (Wildman–Crippen MR) is 129 cm³/mol. The molecule has 170 valence electrons. The second kappa shape index (κ2) is 12.2. The fraction of sp³-hybridized carbons (Fsp3) is 0.381. The van der Waals surface area contributed by atoms with Crippen LogP contribution in [0.1, 0.15) is 19.8 Å². The molecule has 1 amide bonds. The normalized spacial score (nSPS) is 16.0. The van der Waals surface area contributed by atoms with Gasteiger partial charge in [0, 0.05) is 29.4 Å². The Morgan fingerprint density at radius 2 is 1.97 bits per heavy atom. The number of imidazole rings is 1. The van der Waals surface area contributed by atoms with Crippen LogP contribution >= 0.6 is 36.4 Å². The molecule has 4 rings (SSSR count). The van der Waals surface area contributed by atoms with E-state index in [0.717, 1.165) is 49.4 Å². The summed E-state index contributed by atoms with van der Waals surface area (Å²) in [7, 11) is 0. The molecule has 0 radical (unpaired) electrons. The maximum atomic E-state index is 12.8. The lowest BCUT2D eigenvalue weighted by molar-refractivity contribution is -0.122. The molecule has 0 spiro atoms. The third kappa shape index (κ3) is 6.30. The zero-order valence-corrected chi connectivity index (χ0v) is 19.6. The highest BCUT2D eigenvalue weighted by Gasteiger charge is 2.22. The van der Waals surface area contributed by atoms with E-state index in [1.54, 1.807) is 6.20 Å². The molecule has 10 heteroatoms. The van der Waals surface area contributed by atoms with Crippen LogP contribution in [-0.2, 0) is 11.3 Å². The van der Waals surface area contributed by atoms with Gasteiger partial charge in [-0.25, -0.2) is 9.97 Å². The fourth-order valence-electron chi connectivity index (χ4n) is 3.81. The molecule has 7 nitrogen and oxygen atoms in total. The highest BCUT2D eigenvalue weighted by atomic mass is 35.5. The lowest BCUT2D eigenvalue weighted by atomic mass is 10.1. The van der Waals surface area contributed by atoms with Crippen LogP contribution < -0.4 is 5.32 Å². The number of piperidine rings is 1. The number of hydrogen-bond donors (Lipinski definition) is 1. The average Bonchev–Trinajstić information content (AvgIpc) is 3.07. The number of carbonyl (C=O) groups is 1. The van der Waals surface area contributed by atoms with Crippen molar-refractivity contribution < 1.29 is 10.3 Å². The third-order valence-electron chi connectivity index (χ3n) is 5.23. The number of carbonyl (C=O) groups excluding carboxylic acids is 1. The fourth-order valence-corrected chi connectivity index (χ4v) is 3.93. The molecular weight excluding hydrogens is 461 g/mol. The van der Waals surface area contributed by atoms with Gasteiger partial charge in [-0.05, 0) is 62.3 Å². The van der Waals surface area contributed by atoms with Gasteiger partial charge in [-0.2, -0.15) is 0 Å². The van der Waals surface area contributed by atoms with E-state index in [1.807, 2.05) is 41.0 Å². The van der Waals surface area contributed by atoms with Gasteiger partial charge < -0.3 is 15.7 Å². The first-order valence-corrected chi connectivity index (χ1v) is 10.1. The molecule has 31 heavy (non-hydrogen) atoms. The van der Waals surface area contributed by atoms with Crippen molar-refractivity contribution >= 4 is 53.5 Å². The number of likely N-dealkylation sites (tertiary alicyclic amines) is 1. The van der Waals surface area contributed by atoms with Crippen molar-refractivity contribution in [3.8, 4) is 11.4 Å². The highest BCUT2D eigenvalue weighted by Crippen LogP contribution is 2.25. The Hall–Kier alpha value is -1.90. The molecule has 3 heterocycles. The van der Waals surface area contributed by atoms with Gasteiger partial charge in [-0.3, -0.25) is 9.36 Å². The molecule has 3 aromatic rings. The summed E-state index contributed by atoms with van der Waals surface area (Å²) in [4.78, 5) is 24.4. The first-order valence-electron chi connectivity index (χ1n) is 9.73. The monoisotopic (exact) mass is 487 g/mol. The lowest BCUT2D eigenvalue weighted by Crippen LogP contribution is -2.48. The SMILES string of the molecule is CCN1CCCC(NC(=O)Cn2c(-c3ccc(Cl)cc3)nc3cccnc32)C1.Cl.Cl.O. The maximum absolute atomic E-state index is 12.8. The molecule has 1 fully saturated rings. The van der Waals surface area contributed by atoms with E-state index < -0.39 is 0 Å². The summed E-state index contributed by atoms with van der Waals surface area (Å²) in [6.07, 6.45) is 3.86. The van der Waals surface area contributed by atoms with Gasteiger partial charge in [0.05, 0.1) is 0 Å². The molecule has 1 aliphatic rings. The summed E-state index contributed by atoms with van der Waals surface area (Å²) >= 11 is 6.03. The Morgan fingerprint density at radius 1 is 1.23 bits per heavy atom. The largest absolute Gasteiger partial charge is 0.412 e. The molecule has 0 saturated carbocycles. The van der Waals surface area contributed by atoms with Crippen molar-refractivity contribution in [1.29, 1.82) is 0 Å². The molecule has 1 aliphatic heterocycles. The smallest absolute Gasteiger partial charge is 0.240 e. The van der Waals surface area contributed by atoms with Crippen molar-refractivity contribution in [1.82, 2.24) is 24.8 Å². The van der Waals surface area contributed by atoms with Crippen molar-refractivity contribution in [3.63, 3.8) is 0 Å². The van der Waals surface area contributed by atoms with Crippen LogP contribution in [0.4, 0.5) is 0 Å². The van der Waals surface area contributed by atoms with Gasteiger partial charge in [-0.1, -0.05) is 18.5 Å². The van der Waals surface area contributed by atoms with Gasteiger partial charge in [0.1, 0.15) is 17.9 Å². The Labute approximate surface area is 199 Å².